The second-order valence-electron chi connectivity index (χ2n) is 7.21. The van der Waals surface area contributed by atoms with Crippen LogP contribution in [0.3, 0.4) is 0 Å². The Labute approximate surface area is 129 Å². The summed E-state index contributed by atoms with van der Waals surface area (Å²) < 4.78 is 0. The lowest BCUT2D eigenvalue weighted by Gasteiger charge is -2.46. The third-order valence-corrected chi connectivity index (χ3v) is 5.77. The molecule has 3 rings (SSSR count). The first-order valence-corrected chi connectivity index (χ1v) is 8.68. The third kappa shape index (κ3) is 3.02. The molecular weight excluding hydrogens is 256 g/mol. The quantitative estimate of drug-likeness (QED) is 0.909. The summed E-state index contributed by atoms with van der Waals surface area (Å²) in [5.41, 5.74) is 4.86. The minimum atomic E-state index is 0.419. The largest absolute Gasteiger partial charge is 0.308 e. The first-order valence-electron chi connectivity index (χ1n) is 8.68. The van der Waals surface area contributed by atoms with Gasteiger partial charge in [-0.1, -0.05) is 38.0 Å². The summed E-state index contributed by atoms with van der Waals surface area (Å²) in [5.74, 6) is 0. The fourth-order valence-corrected chi connectivity index (χ4v) is 4.31. The lowest BCUT2D eigenvalue weighted by molar-refractivity contribution is 0.0715. The average Bonchev–Trinajstić information content (AvgIpc) is 2.91. The van der Waals surface area contributed by atoms with Crippen LogP contribution in [0.2, 0.25) is 0 Å². The van der Waals surface area contributed by atoms with Gasteiger partial charge in [0.1, 0.15) is 0 Å². The van der Waals surface area contributed by atoms with Crippen LogP contribution < -0.4 is 5.32 Å². The van der Waals surface area contributed by atoms with E-state index in [0.29, 0.717) is 11.6 Å². The Kier molecular flexibility index (Phi) is 4.37. The molecule has 2 fully saturated rings. The standard InChI is InChI=1S/C19H30N2/c1-4-17-12-20-19(10-5-6-11-19)14-21(17)13-18-15(2)8-7-9-16(18)3/h7-9,17,20H,4-6,10-14H2,1-3H3. The lowest BCUT2D eigenvalue weighted by Crippen LogP contribution is -2.62. The summed E-state index contributed by atoms with van der Waals surface area (Å²) in [6.45, 7) is 10.4. The second kappa shape index (κ2) is 6.10. The molecule has 1 aromatic rings. The van der Waals surface area contributed by atoms with Crippen LogP contribution >= 0.6 is 0 Å². The Morgan fingerprint density at radius 3 is 2.48 bits per heavy atom. The zero-order chi connectivity index (χ0) is 14.9. The predicted molar refractivity (Wildman–Crippen MR) is 89.6 cm³/mol. The Bertz CT molecular complexity index is 468. The van der Waals surface area contributed by atoms with Crippen molar-refractivity contribution in [1.82, 2.24) is 10.2 Å². The highest BCUT2D eigenvalue weighted by molar-refractivity contribution is 5.33. The molecule has 0 amide bonds. The third-order valence-electron chi connectivity index (χ3n) is 5.77. The van der Waals surface area contributed by atoms with Gasteiger partial charge in [-0.15, -0.1) is 0 Å². The van der Waals surface area contributed by atoms with Gasteiger partial charge in [0.25, 0.3) is 0 Å². The number of nitrogens with one attached hydrogen (secondary N) is 1. The molecule has 1 spiro atoms. The van der Waals surface area contributed by atoms with Gasteiger partial charge in [-0.3, -0.25) is 4.90 Å². The summed E-state index contributed by atoms with van der Waals surface area (Å²) >= 11 is 0. The molecule has 2 aliphatic rings. The topological polar surface area (TPSA) is 15.3 Å². The van der Waals surface area contributed by atoms with Gasteiger partial charge in [-0.25, -0.2) is 0 Å². The first-order chi connectivity index (χ1) is 10.1. The van der Waals surface area contributed by atoms with Crippen LogP contribution in [0.15, 0.2) is 18.2 Å². The number of nitrogens with zero attached hydrogens (tertiary/aromatic N) is 1. The smallest absolute Gasteiger partial charge is 0.0309 e. The molecule has 1 heterocycles. The van der Waals surface area contributed by atoms with Crippen molar-refractivity contribution in [3.05, 3.63) is 34.9 Å². The van der Waals surface area contributed by atoms with Gasteiger partial charge in [0.2, 0.25) is 0 Å². The highest BCUT2D eigenvalue weighted by Crippen LogP contribution is 2.34. The molecule has 1 N–H and O–H groups in total. The van der Waals surface area contributed by atoms with Crippen molar-refractivity contribution in [2.45, 2.75) is 71.0 Å². The number of piperazine rings is 1. The lowest BCUT2D eigenvalue weighted by atomic mass is 9.90. The van der Waals surface area contributed by atoms with Crippen LogP contribution in [0.1, 0.15) is 55.7 Å². The van der Waals surface area contributed by atoms with Crippen LogP contribution in [0.5, 0.6) is 0 Å². The molecule has 1 aromatic carbocycles. The van der Waals surface area contributed by atoms with Gasteiger partial charge in [-0.05, 0) is 49.8 Å². The van der Waals surface area contributed by atoms with E-state index in [-0.39, 0.29) is 0 Å². The number of hydrogen-bond donors (Lipinski definition) is 1. The Morgan fingerprint density at radius 1 is 1.19 bits per heavy atom. The molecule has 2 heteroatoms. The molecule has 0 aromatic heterocycles. The van der Waals surface area contributed by atoms with Gasteiger partial charge in [-0.2, -0.15) is 0 Å². The van der Waals surface area contributed by atoms with Crippen LogP contribution in [-0.4, -0.2) is 29.6 Å². The fourth-order valence-electron chi connectivity index (χ4n) is 4.31. The van der Waals surface area contributed by atoms with Crippen molar-refractivity contribution < 1.29 is 0 Å². The number of benzene rings is 1. The van der Waals surface area contributed by atoms with Crippen LogP contribution in [-0.2, 0) is 6.54 Å². The molecule has 1 aliphatic carbocycles. The van der Waals surface area contributed by atoms with Gasteiger partial charge in [0.05, 0.1) is 0 Å². The minimum Gasteiger partial charge on any atom is -0.308 e. The van der Waals surface area contributed by atoms with Gasteiger partial charge in [0.15, 0.2) is 0 Å². The minimum absolute atomic E-state index is 0.419. The molecule has 1 unspecified atom stereocenters. The molecule has 1 saturated carbocycles. The van der Waals surface area contributed by atoms with Crippen molar-refractivity contribution in [3.63, 3.8) is 0 Å². The number of rotatable bonds is 3. The van der Waals surface area contributed by atoms with E-state index in [1.165, 1.54) is 56.3 Å². The van der Waals surface area contributed by atoms with Gasteiger partial charge >= 0.3 is 0 Å². The Morgan fingerprint density at radius 2 is 1.86 bits per heavy atom. The van der Waals surface area contributed by atoms with E-state index < -0.39 is 0 Å². The molecule has 1 atom stereocenters. The van der Waals surface area contributed by atoms with Crippen LogP contribution in [0, 0.1) is 13.8 Å². The monoisotopic (exact) mass is 286 g/mol. The van der Waals surface area contributed by atoms with E-state index in [4.69, 9.17) is 0 Å². The van der Waals surface area contributed by atoms with E-state index in [1.807, 2.05) is 0 Å². The first kappa shape index (κ1) is 15.1. The highest BCUT2D eigenvalue weighted by atomic mass is 15.3. The second-order valence-corrected chi connectivity index (χ2v) is 7.21. The van der Waals surface area contributed by atoms with Crippen molar-refractivity contribution >= 4 is 0 Å². The zero-order valence-corrected chi connectivity index (χ0v) is 13.9. The molecular formula is C19H30N2. The van der Waals surface area contributed by atoms with Crippen molar-refractivity contribution in [2.24, 2.45) is 0 Å². The van der Waals surface area contributed by atoms with Gasteiger partial charge in [0, 0.05) is 31.2 Å². The average molecular weight is 286 g/mol. The molecule has 21 heavy (non-hydrogen) atoms. The summed E-state index contributed by atoms with van der Waals surface area (Å²) in [4.78, 5) is 2.76. The predicted octanol–water partition coefficient (Wildman–Crippen LogP) is 3.80. The van der Waals surface area contributed by atoms with Crippen molar-refractivity contribution in [1.29, 1.82) is 0 Å². The fraction of sp³-hybridized carbons (Fsp3) is 0.684. The molecule has 1 saturated heterocycles. The SMILES string of the molecule is CCC1CNC2(CCCC2)CN1Cc1c(C)cccc1C. The molecule has 0 radical (unpaired) electrons. The molecule has 116 valence electrons. The van der Waals surface area contributed by atoms with E-state index in [9.17, 15) is 0 Å². The van der Waals surface area contributed by atoms with E-state index in [1.54, 1.807) is 5.56 Å². The number of aryl methyl sites for hydroxylation is 2. The van der Waals surface area contributed by atoms with E-state index in [0.717, 1.165) is 6.54 Å². The van der Waals surface area contributed by atoms with E-state index in [2.05, 4.69) is 49.2 Å². The normalized spacial score (nSPS) is 25.6. The Hall–Kier alpha value is -0.860. The maximum atomic E-state index is 3.90. The van der Waals surface area contributed by atoms with Crippen LogP contribution in [0.4, 0.5) is 0 Å². The highest BCUT2D eigenvalue weighted by Gasteiger charge is 2.40. The molecule has 1 aliphatic heterocycles. The summed E-state index contributed by atoms with van der Waals surface area (Å²) in [7, 11) is 0. The molecule has 2 nitrogen and oxygen atoms in total. The van der Waals surface area contributed by atoms with Crippen molar-refractivity contribution in [3.8, 4) is 0 Å². The number of hydrogen-bond acceptors (Lipinski definition) is 2. The van der Waals surface area contributed by atoms with Gasteiger partial charge < -0.3 is 5.32 Å². The van der Waals surface area contributed by atoms with E-state index >= 15 is 0 Å². The maximum Gasteiger partial charge on any atom is 0.0309 e. The van der Waals surface area contributed by atoms with Crippen LogP contribution in [0.25, 0.3) is 0 Å². The maximum absolute atomic E-state index is 3.90. The zero-order valence-electron chi connectivity index (χ0n) is 13.9. The summed E-state index contributed by atoms with van der Waals surface area (Å²) in [5, 5.41) is 3.90. The van der Waals surface area contributed by atoms with Crippen molar-refractivity contribution in [2.75, 3.05) is 13.1 Å². The summed E-state index contributed by atoms with van der Waals surface area (Å²) in [6.07, 6.45) is 6.79. The molecule has 0 bridgehead atoms. The summed E-state index contributed by atoms with van der Waals surface area (Å²) in [6, 6.07) is 7.39. The Balaban J connectivity index is 1.80.